The minimum Gasteiger partial charge on any atom is -0.480 e. The maximum Gasteiger partial charge on any atom is 0.323 e. The Labute approximate surface area is 126 Å². The Hall–Kier alpha value is -1.10. The van der Waals surface area contributed by atoms with E-state index < -0.39 is 11.4 Å². The van der Waals surface area contributed by atoms with E-state index in [4.69, 9.17) is 10.8 Å². The quantitative estimate of drug-likeness (QED) is 0.812. The molecule has 0 bridgehead atoms. The van der Waals surface area contributed by atoms with Gasteiger partial charge < -0.3 is 15.7 Å². The SMILES string of the molecule is CC1CCC(CN)(C(=O)N(CC(=O)O)C2CCCC2)CC1. The number of carboxylic acids is 1. The summed E-state index contributed by atoms with van der Waals surface area (Å²) in [6, 6.07) is 0.0939. The molecule has 2 rings (SSSR count). The van der Waals surface area contributed by atoms with E-state index in [0.717, 1.165) is 51.4 Å². The number of nitrogens with zero attached hydrogens (tertiary/aromatic N) is 1. The molecule has 1 amide bonds. The summed E-state index contributed by atoms with van der Waals surface area (Å²) in [6.07, 6.45) is 7.63. The number of hydrogen-bond acceptors (Lipinski definition) is 3. The van der Waals surface area contributed by atoms with Gasteiger partial charge in [-0.25, -0.2) is 0 Å². The van der Waals surface area contributed by atoms with Crippen LogP contribution in [0.25, 0.3) is 0 Å². The zero-order valence-electron chi connectivity index (χ0n) is 13.0. The van der Waals surface area contributed by atoms with Crippen molar-refractivity contribution in [1.82, 2.24) is 4.90 Å². The van der Waals surface area contributed by atoms with Gasteiger partial charge in [-0.2, -0.15) is 0 Å². The van der Waals surface area contributed by atoms with Gasteiger partial charge in [-0.15, -0.1) is 0 Å². The normalized spacial score (nSPS) is 30.3. The van der Waals surface area contributed by atoms with Crippen molar-refractivity contribution in [3.05, 3.63) is 0 Å². The van der Waals surface area contributed by atoms with Crippen LogP contribution < -0.4 is 5.73 Å². The first-order valence-electron chi connectivity index (χ1n) is 8.21. The maximum absolute atomic E-state index is 13.1. The summed E-state index contributed by atoms with van der Waals surface area (Å²) in [5.41, 5.74) is 5.43. The second kappa shape index (κ2) is 6.77. The number of carbonyl (C=O) groups is 2. The molecule has 0 aromatic heterocycles. The van der Waals surface area contributed by atoms with E-state index in [0.29, 0.717) is 12.5 Å². The van der Waals surface area contributed by atoms with Crippen LogP contribution in [0.5, 0.6) is 0 Å². The van der Waals surface area contributed by atoms with Crippen LogP contribution in [0.3, 0.4) is 0 Å². The fraction of sp³-hybridized carbons (Fsp3) is 0.875. The van der Waals surface area contributed by atoms with Crippen molar-refractivity contribution in [3.63, 3.8) is 0 Å². The molecule has 3 N–H and O–H groups in total. The van der Waals surface area contributed by atoms with E-state index in [-0.39, 0.29) is 18.5 Å². The first-order chi connectivity index (χ1) is 9.98. The van der Waals surface area contributed by atoms with Gasteiger partial charge in [0.2, 0.25) is 5.91 Å². The second-order valence-corrected chi connectivity index (χ2v) is 6.93. The monoisotopic (exact) mass is 296 g/mol. The van der Waals surface area contributed by atoms with Crippen molar-refractivity contribution < 1.29 is 14.7 Å². The molecule has 0 heterocycles. The van der Waals surface area contributed by atoms with Crippen molar-refractivity contribution in [1.29, 1.82) is 0 Å². The molecule has 0 spiro atoms. The molecule has 2 aliphatic rings. The van der Waals surface area contributed by atoms with Crippen LogP contribution in [-0.2, 0) is 9.59 Å². The highest BCUT2D eigenvalue weighted by Gasteiger charge is 2.44. The molecule has 0 aliphatic heterocycles. The van der Waals surface area contributed by atoms with E-state index >= 15 is 0 Å². The average molecular weight is 296 g/mol. The van der Waals surface area contributed by atoms with Crippen LogP contribution in [0.4, 0.5) is 0 Å². The number of hydrogen-bond donors (Lipinski definition) is 2. The average Bonchev–Trinajstić information content (AvgIpc) is 2.99. The van der Waals surface area contributed by atoms with Crippen LogP contribution in [0, 0.1) is 11.3 Å². The van der Waals surface area contributed by atoms with Crippen LogP contribution in [0.1, 0.15) is 58.3 Å². The number of nitrogens with two attached hydrogens (primary N) is 1. The minimum atomic E-state index is -0.924. The van der Waals surface area contributed by atoms with Gasteiger partial charge in [-0.1, -0.05) is 19.8 Å². The Morgan fingerprint density at radius 2 is 1.76 bits per heavy atom. The summed E-state index contributed by atoms with van der Waals surface area (Å²) in [7, 11) is 0. The topological polar surface area (TPSA) is 83.6 Å². The lowest BCUT2D eigenvalue weighted by atomic mass is 9.69. The van der Waals surface area contributed by atoms with Crippen LogP contribution in [-0.4, -0.2) is 41.0 Å². The Bertz CT molecular complexity index is 383. The largest absolute Gasteiger partial charge is 0.480 e. The van der Waals surface area contributed by atoms with Gasteiger partial charge in [-0.05, 0) is 44.4 Å². The van der Waals surface area contributed by atoms with Gasteiger partial charge in [0.1, 0.15) is 6.54 Å². The molecule has 2 saturated carbocycles. The highest BCUT2D eigenvalue weighted by molar-refractivity contribution is 5.86. The van der Waals surface area contributed by atoms with E-state index in [1.54, 1.807) is 4.90 Å². The van der Waals surface area contributed by atoms with E-state index in [1.807, 2.05) is 0 Å². The second-order valence-electron chi connectivity index (χ2n) is 6.93. The summed E-state index contributed by atoms with van der Waals surface area (Å²) in [4.78, 5) is 25.9. The molecule has 0 atom stereocenters. The highest BCUT2D eigenvalue weighted by atomic mass is 16.4. The molecule has 0 radical (unpaired) electrons. The molecule has 0 saturated heterocycles. The zero-order chi connectivity index (χ0) is 15.5. The van der Waals surface area contributed by atoms with Crippen molar-refractivity contribution in [2.45, 2.75) is 64.3 Å². The lowest BCUT2D eigenvalue weighted by molar-refractivity contribution is -0.153. The van der Waals surface area contributed by atoms with Crippen LogP contribution in [0.2, 0.25) is 0 Å². The molecular formula is C16H28N2O3. The molecule has 120 valence electrons. The van der Waals surface area contributed by atoms with Crippen LogP contribution in [0.15, 0.2) is 0 Å². The maximum atomic E-state index is 13.1. The molecule has 0 unspecified atom stereocenters. The van der Waals surface area contributed by atoms with E-state index in [1.165, 1.54) is 0 Å². The first kappa shape index (κ1) is 16.3. The summed E-state index contributed by atoms with van der Waals surface area (Å²) >= 11 is 0. The Kier molecular flexibility index (Phi) is 5.25. The van der Waals surface area contributed by atoms with Crippen molar-refractivity contribution in [2.24, 2.45) is 17.1 Å². The molecule has 0 aromatic carbocycles. The highest BCUT2D eigenvalue weighted by Crippen LogP contribution is 2.40. The van der Waals surface area contributed by atoms with Crippen molar-refractivity contribution >= 4 is 11.9 Å². The summed E-state index contributed by atoms with van der Waals surface area (Å²) in [5, 5.41) is 9.17. The van der Waals surface area contributed by atoms with Crippen molar-refractivity contribution in [2.75, 3.05) is 13.1 Å². The van der Waals surface area contributed by atoms with Crippen molar-refractivity contribution in [3.8, 4) is 0 Å². The predicted molar refractivity (Wildman–Crippen MR) is 80.7 cm³/mol. The lowest BCUT2D eigenvalue weighted by Crippen LogP contribution is -2.53. The number of rotatable bonds is 5. The third-order valence-electron chi connectivity index (χ3n) is 5.41. The number of aliphatic carboxylic acids is 1. The Morgan fingerprint density at radius 3 is 2.24 bits per heavy atom. The fourth-order valence-electron chi connectivity index (χ4n) is 3.85. The zero-order valence-corrected chi connectivity index (χ0v) is 13.0. The lowest BCUT2D eigenvalue weighted by Gasteiger charge is -2.42. The Balaban J connectivity index is 2.16. The van der Waals surface area contributed by atoms with E-state index in [9.17, 15) is 9.59 Å². The minimum absolute atomic E-state index is 0.00815. The fourth-order valence-corrected chi connectivity index (χ4v) is 3.85. The standard InChI is InChI=1S/C16H28N2O3/c1-12-6-8-16(11-17,9-7-12)15(21)18(10-14(19)20)13-4-2-3-5-13/h12-13H,2-11,17H2,1H3,(H,19,20). The molecular weight excluding hydrogens is 268 g/mol. The van der Waals surface area contributed by atoms with Gasteiger partial charge in [0.05, 0.1) is 5.41 Å². The molecule has 2 fully saturated rings. The third kappa shape index (κ3) is 3.57. The molecule has 0 aromatic rings. The third-order valence-corrected chi connectivity index (χ3v) is 5.41. The number of amides is 1. The smallest absolute Gasteiger partial charge is 0.323 e. The number of carboxylic acid groups (broad SMARTS) is 1. The van der Waals surface area contributed by atoms with Gasteiger partial charge in [0, 0.05) is 12.6 Å². The first-order valence-corrected chi connectivity index (χ1v) is 8.21. The van der Waals surface area contributed by atoms with Gasteiger partial charge in [0.15, 0.2) is 0 Å². The molecule has 5 heteroatoms. The van der Waals surface area contributed by atoms with E-state index in [2.05, 4.69) is 6.92 Å². The number of carbonyl (C=O) groups excluding carboxylic acids is 1. The molecule has 2 aliphatic carbocycles. The molecule has 5 nitrogen and oxygen atoms in total. The van der Waals surface area contributed by atoms with Gasteiger partial charge >= 0.3 is 5.97 Å². The van der Waals surface area contributed by atoms with Crippen LogP contribution >= 0.6 is 0 Å². The Morgan fingerprint density at radius 1 is 1.19 bits per heavy atom. The van der Waals surface area contributed by atoms with Gasteiger partial charge in [-0.3, -0.25) is 9.59 Å². The summed E-state index contributed by atoms with van der Waals surface area (Å²) in [5.74, 6) is -0.297. The predicted octanol–water partition coefficient (Wildman–Crippen LogP) is 2.00. The summed E-state index contributed by atoms with van der Waals surface area (Å²) in [6.45, 7) is 2.36. The summed E-state index contributed by atoms with van der Waals surface area (Å²) < 4.78 is 0. The van der Waals surface area contributed by atoms with Gasteiger partial charge in [0.25, 0.3) is 0 Å². The molecule has 21 heavy (non-hydrogen) atoms.